The molecule has 2 aromatic carbocycles. The fraction of sp³-hybridized carbons (Fsp3) is 0.118. The number of nitrogens with one attached hydrogen (secondary N) is 1. The molecule has 1 N–H and O–H groups in total. The fourth-order valence-corrected chi connectivity index (χ4v) is 1.76. The number of hydrogen-bond acceptors (Lipinski definition) is 4. The van der Waals surface area contributed by atoms with E-state index in [0.717, 1.165) is 0 Å². The Hall–Kier alpha value is -3.20. The molecule has 0 saturated carbocycles. The molecule has 0 aliphatic rings. The normalized spacial score (nSPS) is 10.7. The van der Waals surface area contributed by atoms with Crippen LogP contribution in [0.4, 0.5) is 4.39 Å². The number of hydrogen-bond donors (Lipinski definition) is 1. The molecule has 5 nitrogen and oxygen atoms in total. The molecule has 0 unspecified atom stereocenters. The number of carbonyl (C=O) groups is 1. The van der Waals surface area contributed by atoms with E-state index in [1.54, 1.807) is 43.3 Å². The van der Waals surface area contributed by atoms with Gasteiger partial charge in [-0.05, 0) is 36.8 Å². The van der Waals surface area contributed by atoms with Gasteiger partial charge in [-0.2, -0.15) is 10.4 Å². The quantitative estimate of drug-likeness (QED) is 0.681. The maximum atomic E-state index is 12.8. The van der Waals surface area contributed by atoms with Gasteiger partial charge in [-0.25, -0.2) is 9.82 Å². The van der Waals surface area contributed by atoms with E-state index in [-0.39, 0.29) is 12.4 Å². The number of nitriles is 1. The van der Waals surface area contributed by atoms with Gasteiger partial charge in [0.25, 0.3) is 5.91 Å². The highest BCUT2D eigenvalue weighted by Crippen LogP contribution is 2.16. The Morgan fingerprint density at radius 2 is 1.96 bits per heavy atom. The minimum absolute atomic E-state index is 0.265. The summed E-state index contributed by atoms with van der Waals surface area (Å²) in [5.74, 6) is -0.460. The van der Waals surface area contributed by atoms with Crippen molar-refractivity contribution in [1.29, 1.82) is 5.26 Å². The first-order chi connectivity index (χ1) is 11.1. The topological polar surface area (TPSA) is 74.5 Å². The molecule has 0 atom stereocenters. The Labute approximate surface area is 133 Å². The summed E-state index contributed by atoms with van der Waals surface area (Å²) < 4.78 is 18.1. The van der Waals surface area contributed by atoms with E-state index in [1.165, 1.54) is 12.1 Å². The van der Waals surface area contributed by atoms with Crippen LogP contribution >= 0.6 is 0 Å². The van der Waals surface area contributed by atoms with E-state index in [2.05, 4.69) is 10.5 Å². The SMILES string of the molecule is C/C(=N/NC(=O)COc1ccccc1C#N)c1ccc(F)cc1. The van der Waals surface area contributed by atoms with Crippen molar-refractivity contribution in [1.82, 2.24) is 5.43 Å². The summed E-state index contributed by atoms with van der Waals surface area (Å²) in [6, 6.07) is 14.4. The molecule has 0 aliphatic heterocycles. The molecule has 0 spiro atoms. The van der Waals surface area contributed by atoms with Crippen LogP contribution in [-0.4, -0.2) is 18.2 Å². The van der Waals surface area contributed by atoms with Gasteiger partial charge < -0.3 is 4.74 Å². The van der Waals surface area contributed by atoms with E-state index in [1.807, 2.05) is 6.07 Å². The molecule has 0 saturated heterocycles. The minimum atomic E-state index is -0.459. The Morgan fingerprint density at radius 1 is 1.26 bits per heavy atom. The molecule has 6 heteroatoms. The second-order valence-corrected chi connectivity index (χ2v) is 4.64. The Morgan fingerprint density at radius 3 is 2.65 bits per heavy atom. The third-order valence-electron chi connectivity index (χ3n) is 2.98. The number of benzene rings is 2. The standard InChI is InChI=1S/C17H14FN3O2/c1-12(13-6-8-15(18)9-7-13)20-21-17(22)11-23-16-5-3-2-4-14(16)10-19/h2-9H,11H2,1H3,(H,21,22)/b20-12-. The molecule has 0 radical (unpaired) electrons. The number of nitrogens with zero attached hydrogens (tertiary/aromatic N) is 2. The molecule has 2 aromatic rings. The predicted molar refractivity (Wildman–Crippen MR) is 83.4 cm³/mol. The van der Waals surface area contributed by atoms with Crippen LogP contribution in [0.1, 0.15) is 18.1 Å². The first kappa shape index (κ1) is 16.2. The van der Waals surface area contributed by atoms with Crippen molar-refractivity contribution >= 4 is 11.6 Å². The van der Waals surface area contributed by atoms with Crippen molar-refractivity contribution in [2.24, 2.45) is 5.10 Å². The highest BCUT2D eigenvalue weighted by Gasteiger charge is 2.06. The zero-order valence-corrected chi connectivity index (χ0v) is 12.4. The van der Waals surface area contributed by atoms with E-state index in [9.17, 15) is 9.18 Å². The van der Waals surface area contributed by atoms with Crippen LogP contribution in [0.25, 0.3) is 0 Å². The molecular formula is C17H14FN3O2. The van der Waals surface area contributed by atoms with Crippen molar-refractivity contribution in [3.63, 3.8) is 0 Å². The van der Waals surface area contributed by atoms with Gasteiger partial charge in [0.2, 0.25) is 0 Å². The third kappa shape index (κ3) is 4.64. The number of amides is 1. The largest absolute Gasteiger partial charge is 0.482 e. The van der Waals surface area contributed by atoms with Gasteiger partial charge in [-0.1, -0.05) is 24.3 Å². The lowest BCUT2D eigenvalue weighted by molar-refractivity contribution is -0.123. The van der Waals surface area contributed by atoms with Crippen LogP contribution in [0.3, 0.4) is 0 Å². The van der Waals surface area contributed by atoms with Gasteiger partial charge in [0.05, 0.1) is 11.3 Å². The molecular weight excluding hydrogens is 297 g/mol. The molecule has 116 valence electrons. The summed E-state index contributed by atoms with van der Waals surface area (Å²) in [6.07, 6.45) is 0. The van der Waals surface area contributed by atoms with Crippen LogP contribution in [-0.2, 0) is 4.79 Å². The van der Waals surface area contributed by atoms with Crippen LogP contribution in [0.5, 0.6) is 5.75 Å². The summed E-state index contributed by atoms with van der Waals surface area (Å²) in [5, 5.41) is 12.9. The summed E-state index contributed by atoms with van der Waals surface area (Å²) in [7, 11) is 0. The van der Waals surface area contributed by atoms with Gasteiger partial charge in [-0.15, -0.1) is 0 Å². The van der Waals surface area contributed by atoms with Crippen molar-refractivity contribution < 1.29 is 13.9 Å². The second-order valence-electron chi connectivity index (χ2n) is 4.64. The van der Waals surface area contributed by atoms with E-state index in [0.29, 0.717) is 22.6 Å². The fourth-order valence-electron chi connectivity index (χ4n) is 1.76. The maximum absolute atomic E-state index is 12.8. The Balaban J connectivity index is 1.91. The lowest BCUT2D eigenvalue weighted by atomic mass is 10.1. The van der Waals surface area contributed by atoms with Crippen molar-refractivity contribution in [3.05, 3.63) is 65.5 Å². The lowest BCUT2D eigenvalue weighted by Crippen LogP contribution is -2.25. The second kappa shape index (κ2) is 7.71. The van der Waals surface area contributed by atoms with Crippen LogP contribution < -0.4 is 10.2 Å². The van der Waals surface area contributed by atoms with Crippen LogP contribution in [0, 0.1) is 17.1 Å². The van der Waals surface area contributed by atoms with Gasteiger partial charge in [0.1, 0.15) is 17.6 Å². The lowest BCUT2D eigenvalue weighted by Gasteiger charge is -2.07. The van der Waals surface area contributed by atoms with Crippen molar-refractivity contribution in [2.45, 2.75) is 6.92 Å². The average molecular weight is 311 g/mol. The number of ether oxygens (including phenoxy) is 1. The number of para-hydroxylation sites is 1. The number of hydrazone groups is 1. The van der Waals surface area contributed by atoms with Crippen molar-refractivity contribution in [3.8, 4) is 11.8 Å². The minimum Gasteiger partial charge on any atom is -0.482 e. The molecule has 0 aliphatic carbocycles. The van der Waals surface area contributed by atoms with Gasteiger partial charge in [0, 0.05) is 0 Å². The average Bonchev–Trinajstić information content (AvgIpc) is 2.58. The molecule has 0 aromatic heterocycles. The number of carbonyl (C=O) groups excluding carboxylic acids is 1. The molecule has 1 amide bonds. The number of rotatable bonds is 5. The third-order valence-corrected chi connectivity index (χ3v) is 2.98. The predicted octanol–water partition coefficient (Wildman–Crippen LogP) is 2.62. The highest BCUT2D eigenvalue weighted by molar-refractivity contribution is 5.99. The maximum Gasteiger partial charge on any atom is 0.277 e. The summed E-state index contributed by atoms with van der Waals surface area (Å²) in [4.78, 5) is 11.7. The Kier molecular flexibility index (Phi) is 5.42. The van der Waals surface area contributed by atoms with E-state index >= 15 is 0 Å². The molecule has 2 rings (SSSR count). The molecule has 0 heterocycles. The summed E-state index contributed by atoms with van der Waals surface area (Å²) in [5.41, 5.74) is 3.94. The molecule has 23 heavy (non-hydrogen) atoms. The van der Waals surface area contributed by atoms with Crippen LogP contribution in [0.2, 0.25) is 0 Å². The summed E-state index contributed by atoms with van der Waals surface area (Å²) >= 11 is 0. The zero-order valence-electron chi connectivity index (χ0n) is 12.4. The van der Waals surface area contributed by atoms with Crippen molar-refractivity contribution in [2.75, 3.05) is 6.61 Å². The van der Waals surface area contributed by atoms with Gasteiger partial charge in [0.15, 0.2) is 6.61 Å². The number of halogens is 1. The molecule has 0 bridgehead atoms. The monoisotopic (exact) mass is 311 g/mol. The Bertz CT molecular complexity index is 764. The molecule has 0 fully saturated rings. The van der Waals surface area contributed by atoms with Crippen LogP contribution in [0.15, 0.2) is 53.6 Å². The van der Waals surface area contributed by atoms with E-state index < -0.39 is 5.91 Å². The first-order valence-corrected chi connectivity index (χ1v) is 6.81. The zero-order chi connectivity index (χ0) is 16.7. The highest BCUT2D eigenvalue weighted by atomic mass is 19.1. The van der Waals surface area contributed by atoms with E-state index in [4.69, 9.17) is 10.00 Å². The summed E-state index contributed by atoms with van der Waals surface area (Å²) in [6.45, 7) is 1.43. The first-order valence-electron chi connectivity index (χ1n) is 6.81. The smallest absolute Gasteiger partial charge is 0.277 e. The van der Waals surface area contributed by atoms with Gasteiger partial charge in [-0.3, -0.25) is 4.79 Å². The van der Waals surface area contributed by atoms with Gasteiger partial charge >= 0.3 is 0 Å².